The summed E-state index contributed by atoms with van der Waals surface area (Å²) in [5.41, 5.74) is 2.26. The molecule has 134 valence electrons. The number of carbonyl (C=O) groups excluding carboxylic acids is 1. The van der Waals surface area contributed by atoms with Gasteiger partial charge in [0.2, 0.25) is 5.82 Å². The summed E-state index contributed by atoms with van der Waals surface area (Å²) in [6.45, 7) is 5.00. The lowest BCUT2D eigenvalue weighted by Gasteiger charge is -2.34. The maximum atomic E-state index is 13.3. The highest BCUT2D eigenvalue weighted by Gasteiger charge is 2.29. The van der Waals surface area contributed by atoms with Crippen molar-refractivity contribution in [3.63, 3.8) is 0 Å². The van der Waals surface area contributed by atoms with Crippen LogP contribution in [-0.4, -0.2) is 45.5 Å². The lowest BCUT2D eigenvalue weighted by atomic mass is 10.1. The van der Waals surface area contributed by atoms with E-state index in [2.05, 4.69) is 4.98 Å². The van der Waals surface area contributed by atoms with Gasteiger partial charge in [-0.25, -0.2) is 9.37 Å². The number of benzene rings is 1. The number of amides is 1. The molecule has 1 amide bonds. The minimum Gasteiger partial charge on any atom is -0.372 e. The summed E-state index contributed by atoms with van der Waals surface area (Å²) < 4.78 is 20.8. The minimum absolute atomic E-state index is 0.00880. The summed E-state index contributed by atoms with van der Waals surface area (Å²) in [4.78, 5) is 19.5. The van der Waals surface area contributed by atoms with Crippen LogP contribution in [0, 0.1) is 5.82 Å². The van der Waals surface area contributed by atoms with Crippen LogP contribution in [-0.2, 0) is 4.74 Å². The zero-order chi connectivity index (χ0) is 18.3. The number of hydrogen-bond acceptors (Lipinski definition) is 3. The first-order valence-electron chi connectivity index (χ1n) is 8.70. The largest absolute Gasteiger partial charge is 0.372 e. The predicted molar refractivity (Wildman–Crippen MR) is 96.5 cm³/mol. The molecule has 1 aromatic carbocycles. The summed E-state index contributed by atoms with van der Waals surface area (Å²) in [7, 11) is 0. The van der Waals surface area contributed by atoms with Crippen molar-refractivity contribution in [2.45, 2.75) is 26.1 Å². The van der Waals surface area contributed by atoms with Crippen LogP contribution in [0.5, 0.6) is 0 Å². The van der Waals surface area contributed by atoms with Gasteiger partial charge in [-0.1, -0.05) is 6.07 Å². The summed E-state index contributed by atoms with van der Waals surface area (Å²) >= 11 is 0. The summed E-state index contributed by atoms with van der Waals surface area (Å²) in [5.74, 6) is -0.0624. The third kappa shape index (κ3) is 2.97. The lowest BCUT2D eigenvalue weighted by molar-refractivity contribution is -0.0589. The highest BCUT2D eigenvalue weighted by Crippen LogP contribution is 2.26. The van der Waals surface area contributed by atoms with Crippen molar-refractivity contribution < 1.29 is 13.9 Å². The van der Waals surface area contributed by atoms with Gasteiger partial charge in [0.05, 0.1) is 23.4 Å². The molecule has 1 aliphatic heterocycles. The number of imidazole rings is 1. The molecule has 0 radical (unpaired) electrons. The molecule has 0 saturated carbocycles. The normalized spacial score (nSPS) is 20.5. The second-order valence-electron chi connectivity index (χ2n) is 6.71. The molecule has 5 nitrogen and oxygen atoms in total. The van der Waals surface area contributed by atoms with E-state index in [9.17, 15) is 9.18 Å². The van der Waals surface area contributed by atoms with Crippen LogP contribution in [0.1, 0.15) is 24.5 Å². The molecule has 1 aliphatic rings. The van der Waals surface area contributed by atoms with Gasteiger partial charge in [0.25, 0.3) is 5.91 Å². The monoisotopic (exact) mass is 353 g/mol. The quantitative estimate of drug-likeness (QED) is 0.709. The third-order valence-electron chi connectivity index (χ3n) is 4.56. The Bertz CT molecular complexity index is 941. The molecule has 1 fully saturated rings. The first-order chi connectivity index (χ1) is 12.5. The molecule has 0 bridgehead atoms. The van der Waals surface area contributed by atoms with E-state index in [0.717, 1.165) is 11.1 Å². The Morgan fingerprint density at radius 3 is 2.50 bits per heavy atom. The number of pyridine rings is 1. The maximum Gasteiger partial charge on any atom is 0.290 e. The highest BCUT2D eigenvalue weighted by atomic mass is 19.1. The Labute approximate surface area is 151 Å². The van der Waals surface area contributed by atoms with Gasteiger partial charge in [0, 0.05) is 24.8 Å². The molecule has 4 rings (SSSR count). The molecule has 0 aliphatic carbocycles. The van der Waals surface area contributed by atoms with Crippen molar-refractivity contribution in [1.29, 1.82) is 0 Å². The number of aromatic nitrogens is 2. The molecular weight excluding hydrogens is 333 g/mol. The Balaban J connectivity index is 1.78. The van der Waals surface area contributed by atoms with Gasteiger partial charge in [-0.05, 0) is 50.2 Å². The summed E-state index contributed by atoms with van der Waals surface area (Å²) in [6, 6.07) is 11.8. The fourth-order valence-electron chi connectivity index (χ4n) is 3.49. The number of carbonyl (C=O) groups is 1. The zero-order valence-corrected chi connectivity index (χ0v) is 14.7. The van der Waals surface area contributed by atoms with E-state index in [-0.39, 0.29) is 23.9 Å². The van der Waals surface area contributed by atoms with Gasteiger partial charge in [-0.3, -0.25) is 9.20 Å². The molecule has 2 atom stereocenters. The summed E-state index contributed by atoms with van der Waals surface area (Å²) in [6.07, 6.45) is 1.81. The zero-order valence-electron chi connectivity index (χ0n) is 14.7. The molecule has 26 heavy (non-hydrogen) atoms. The van der Waals surface area contributed by atoms with E-state index in [0.29, 0.717) is 24.6 Å². The van der Waals surface area contributed by atoms with Crippen LogP contribution in [0.15, 0.2) is 48.7 Å². The number of fused-ring (bicyclic) bond motifs is 1. The number of rotatable bonds is 2. The van der Waals surface area contributed by atoms with E-state index in [1.165, 1.54) is 12.1 Å². The number of morpholine rings is 1. The smallest absolute Gasteiger partial charge is 0.290 e. The van der Waals surface area contributed by atoms with Crippen LogP contribution in [0.2, 0.25) is 0 Å². The predicted octanol–water partition coefficient (Wildman–Crippen LogP) is 3.39. The SMILES string of the molecule is CC1CN(C(=O)c2nc(-c3ccc(F)cc3)c3ccccn23)CC(C)O1. The first kappa shape index (κ1) is 16.7. The molecule has 2 aromatic heterocycles. The Kier molecular flexibility index (Phi) is 4.20. The molecule has 6 heteroatoms. The van der Waals surface area contributed by atoms with E-state index in [4.69, 9.17) is 4.74 Å². The topological polar surface area (TPSA) is 46.8 Å². The van der Waals surface area contributed by atoms with Crippen molar-refractivity contribution in [3.8, 4) is 11.3 Å². The Morgan fingerprint density at radius 1 is 1.12 bits per heavy atom. The molecule has 3 heterocycles. The van der Waals surface area contributed by atoms with Crippen LogP contribution in [0.3, 0.4) is 0 Å². The second-order valence-corrected chi connectivity index (χ2v) is 6.71. The maximum absolute atomic E-state index is 13.3. The van der Waals surface area contributed by atoms with Crippen molar-refractivity contribution in [2.24, 2.45) is 0 Å². The summed E-state index contributed by atoms with van der Waals surface area (Å²) in [5, 5.41) is 0. The van der Waals surface area contributed by atoms with E-state index < -0.39 is 0 Å². The van der Waals surface area contributed by atoms with Crippen molar-refractivity contribution in [1.82, 2.24) is 14.3 Å². The van der Waals surface area contributed by atoms with E-state index in [1.54, 1.807) is 21.4 Å². The molecular formula is C20H20FN3O2. The van der Waals surface area contributed by atoms with Gasteiger partial charge in [-0.15, -0.1) is 0 Å². The third-order valence-corrected chi connectivity index (χ3v) is 4.56. The standard InChI is InChI=1S/C20H20FN3O2/c1-13-11-23(12-14(2)26-13)20(25)19-22-18(15-6-8-16(21)9-7-15)17-5-3-4-10-24(17)19/h3-10,13-14H,11-12H2,1-2H3. The van der Waals surface area contributed by atoms with Crippen LogP contribution in [0.25, 0.3) is 16.8 Å². The van der Waals surface area contributed by atoms with Crippen molar-refractivity contribution in [2.75, 3.05) is 13.1 Å². The molecule has 0 spiro atoms. The van der Waals surface area contributed by atoms with Crippen LogP contribution in [0.4, 0.5) is 4.39 Å². The number of hydrogen-bond donors (Lipinski definition) is 0. The van der Waals surface area contributed by atoms with E-state index >= 15 is 0 Å². The van der Waals surface area contributed by atoms with Crippen molar-refractivity contribution in [3.05, 3.63) is 60.3 Å². The van der Waals surface area contributed by atoms with Crippen LogP contribution < -0.4 is 0 Å². The second kappa shape index (κ2) is 6.53. The fraction of sp³-hybridized carbons (Fsp3) is 0.300. The Hall–Kier alpha value is -2.73. The average Bonchev–Trinajstić information content (AvgIpc) is 3.01. The highest BCUT2D eigenvalue weighted by molar-refractivity contribution is 5.94. The molecule has 1 saturated heterocycles. The molecule has 2 unspecified atom stereocenters. The minimum atomic E-state index is -0.301. The lowest BCUT2D eigenvalue weighted by Crippen LogP contribution is -2.48. The number of nitrogens with zero attached hydrogens (tertiary/aromatic N) is 3. The van der Waals surface area contributed by atoms with Crippen molar-refractivity contribution >= 4 is 11.4 Å². The number of ether oxygens (including phenoxy) is 1. The van der Waals surface area contributed by atoms with Crippen LogP contribution >= 0.6 is 0 Å². The fourth-order valence-corrected chi connectivity index (χ4v) is 3.49. The molecule has 0 N–H and O–H groups in total. The first-order valence-corrected chi connectivity index (χ1v) is 8.70. The van der Waals surface area contributed by atoms with Gasteiger partial charge in [0.1, 0.15) is 5.82 Å². The van der Waals surface area contributed by atoms with Gasteiger partial charge >= 0.3 is 0 Å². The molecule has 3 aromatic rings. The van der Waals surface area contributed by atoms with Gasteiger partial charge < -0.3 is 9.64 Å². The van der Waals surface area contributed by atoms with E-state index in [1.807, 2.05) is 38.2 Å². The number of halogens is 1. The average molecular weight is 353 g/mol. The van der Waals surface area contributed by atoms with Gasteiger partial charge in [-0.2, -0.15) is 0 Å². The van der Waals surface area contributed by atoms with Gasteiger partial charge in [0.15, 0.2) is 0 Å². The Morgan fingerprint density at radius 2 is 1.81 bits per heavy atom.